The van der Waals surface area contributed by atoms with Gasteiger partial charge in [0.2, 0.25) is 0 Å². The largest absolute Gasteiger partial charge is 0.449 e. The summed E-state index contributed by atoms with van der Waals surface area (Å²) in [5.74, 6) is 0.554. The minimum absolute atomic E-state index is 0.145. The topological polar surface area (TPSA) is 32.5 Å². The molecule has 4 nitrogen and oxygen atoms in total. The summed E-state index contributed by atoms with van der Waals surface area (Å²) in [6, 6.07) is 6.96. The highest BCUT2D eigenvalue weighted by molar-refractivity contribution is 5.47. The van der Waals surface area contributed by atoms with E-state index in [2.05, 4.69) is 14.8 Å². The Morgan fingerprint density at radius 2 is 1.95 bits per heavy atom. The second-order valence-electron chi connectivity index (χ2n) is 5.07. The summed E-state index contributed by atoms with van der Waals surface area (Å²) >= 11 is 0. The first-order chi connectivity index (χ1) is 9.72. The molecule has 0 N–H and O–H groups in total. The highest BCUT2D eigenvalue weighted by Gasteiger charge is 2.19. The third kappa shape index (κ3) is 2.82. The summed E-state index contributed by atoms with van der Waals surface area (Å²) in [4.78, 5) is 8.73. The number of aryl methyl sites for hydroxylation is 1. The molecule has 5 heteroatoms. The van der Waals surface area contributed by atoms with Crippen molar-refractivity contribution >= 4 is 5.69 Å². The summed E-state index contributed by atoms with van der Waals surface area (Å²) in [7, 11) is 0. The van der Waals surface area contributed by atoms with Gasteiger partial charge in [-0.05, 0) is 12.1 Å². The molecule has 1 aliphatic rings. The van der Waals surface area contributed by atoms with Gasteiger partial charge >= 0.3 is 0 Å². The van der Waals surface area contributed by atoms with Crippen LogP contribution in [0, 0.1) is 12.7 Å². The molecular formula is C15H18FN3O. The van der Waals surface area contributed by atoms with Crippen LogP contribution in [0.1, 0.15) is 11.6 Å². The minimum atomic E-state index is -0.145. The van der Waals surface area contributed by atoms with Gasteiger partial charge in [0.15, 0.2) is 5.89 Å². The number of rotatable bonds is 3. The Hall–Kier alpha value is -1.88. The number of piperazine rings is 1. The first-order valence-corrected chi connectivity index (χ1v) is 6.85. The Bertz CT molecular complexity index is 576. The molecule has 0 aliphatic carbocycles. The Labute approximate surface area is 117 Å². The maximum absolute atomic E-state index is 13.7. The summed E-state index contributed by atoms with van der Waals surface area (Å²) in [5.41, 5.74) is 1.66. The van der Waals surface area contributed by atoms with Gasteiger partial charge in [0.05, 0.1) is 11.4 Å². The minimum Gasteiger partial charge on any atom is -0.449 e. The van der Waals surface area contributed by atoms with Crippen molar-refractivity contribution in [1.82, 2.24) is 9.88 Å². The van der Waals surface area contributed by atoms with E-state index in [4.69, 9.17) is 4.42 Å². The van der Waals surface area contributed by atoms with E-state index < -0.39 is 0 Å². The molecule has 3 rings (SSSR count). The quantitative estimate of drug-likeness (QED) is 0.861. The summed E-state index contributed by atoms with van der Waals surface area (Å²) < 4.78 is 19.0. The van der Waals surface area contributed by atoms with Crippen molar-refractivity contribution in [2.45, 2.75) is 13.5 Å². The molecule has 1 aromatic carbocycles. The van der Waals surface area contributed by atoms with Crippen molar-refractivity contribution < 1.29 is 8.81 Å². The third-order valence-electron chi connectivity index (χ3n) is 3.62. The zero-order valence-corrected chi connectivity index (χ0v) is 11.6. The van der Waals surface area contributed by atoms with Gasteiger partial charge < -0.3 is 9.32 Å². The number of benzene rings is 1. The first-order valence-electron chi connectivity index (χ1n) is 6.85. The lowest BCUT2D eigenvalue weighted by atomic mass is 10.2. The molecule has 0 radical (unpaired) electrons. The predicted molar refractivity (Wildman–Crippen MR) is 75.1 cm³/mol. The number of anilines is 1. The molecule has 106 valence electrons. The molecule has 1 aromatic heterocycles. The standard InChI is InChI=1S/C15H18FN3O/c1-12-17-13(11-20-12)10-18-6-8-19(9-7-18)15-5-3-2-4-14(15)16/h2-5,11H,6-10H2,1H3. The van der Waals surface area contributed by atoms with Crippen LogP contribution in [0.3, 0.4) is 0 Å². The lowest BCUT2D eigenvalue weighted by molar-refractivity contribution is 0.246. The lowest BCUT2D eigenvalue weighted by Crippen LogP contribution is -2.46. The van der Waals surface area contributed by atoms with Gasteiger partial charge in [0.1, 0.15) is 12.1 Å². The number of halogens is 1. The van der Waals surface area contributed by atoms with E-state index >= 15 is 0 Å². The second kappa shape index (κ2) is 5.63. The number of oxazole rings is 1. The molecular weight excluding hydrogens is 257 g/mol. The molecule has 0 atom stereocenters. The second-order valence-corrected chi connectivity index (χ2v) is 5.07. The Balaban J connectivity index is 1.58. The molecule has 0 amide bonds. The van der Waals surface area contributed by atoms with Crippen LogP contribution in [0.15, 0.2) is 34.9 Å². The van der Waals surface area contributed by atoms with Gasteiger partial charge in [-0.2, -0.15) is 0 Å². The number of para-hydroxylation sites is 1. The van der Waals surface area contributed by atoms with Crippen molar-refractivity contribution in [3.63, 3.8) is 0 Å². The molecule has 1 saturated heterocycles. The van der Waals surface area contributed by atoms with Crippen molar-refractivity contribution in [2.24, 2.45) is 0 Å². The van der Waals surface area contributed by atoms with E-state index in [0.29, 0.717) is 11.6 Å². The van der Waals surface area contributed by atoms with Gasteiger partial charge in [0.25, 0.3) is 0 Å². The molecule has 0 unspecified atom stereocenters. The van der Waals surface area contributed by atoms with Crippen LogP contribution in [0.4, 0.5) is 10.1 Å². The fourth-order valence-corrected chi connectivity index (χ4v) is 2.57. The van der Waals surface area contributed by atoms with Crippen LogP contribution in [0.2, 0.25) is 0 Å². The van der Waals surface area contributed by atoms with E-state index in [1.165, 1.54) is 6.07 Å². The summed E-state index contributed by atoms with van der Waals surface area (Å²) in [6.07, 6.45) is 1.71. The van der Waals surface area contributed by atoms with E-state index in [9.17, 15) is 4.39 Å². The molecule has 2 aromatic rings. The first kappa shape index (κ1) is 13.1. The number of hydrogen-bond acceptors (Lipinski definition) is 4. The fraction of sp³-hybridized carbons (Fsp3) is 0.400. The van der Waals surface area contributed by atoms with E-state index in [1.54, 1.807) is 12.3 Å². The Morgan fingerprint density at radius 1 is 1.20 bits per heavy atom. The van der Waals surface area contributed by atoms with Gasteiger partial charge in [0, 0.05) is 39.6 Å². The molecule has 0 saturated carbocycles. The fourth-order valence-electron chi connectivity index (χ4n) is 2.57. The monoisotopic (exact) mass is 275 g/mol. The molecule has 0 bridgehead atoms. The Kier molecular flexibility index (Phi) is 3.69. The van der Waals surface area contributed by atoms with Crippen LogP contribution < -0.4 is 4.90 Å². The van der Waals surface area contributed by atoms with Gasteiger partial charge in [-0.25, -0.2) is 9.37 Å². The number of aromatic nitrogens is 1. The van der Waals surface area contributed by atoms with Crippen LogP contribution >= 0.6 is 0 Å². The predicted octanol–water partition coefficient (Wildman–Crippen LogP) is 2.44. The zero-order chi connectivity index (χ0) is 13.9. The molecule has 1 fully saturated rings. The lowest BCUT2D eigenvalue weighted by Gasteiger charge is -2.35. The highest BCUT2D eigenvalue weighted by Crippen LogP contribution is 2.20. The van der Waals surface area contributed by atoms with Crippen molar-refractivity contribution in [2.75, 3.05) is 31.1 Å². The van der Waals surface area contributed by atoms with E-state index in [0.717, 1.165) is 38.4 Å². The third-order valence-corrected chi connectivity index (χ3v) is 3.62. The van der Waals surface area contributed by atoms with Crippen LogP contribution in [-0.4, -0.2) is 36.1 Å². The van der Waals surface area contributed by atoms with Crippen LogP contribution in [-0.2, 0) is 6.54 Å². The normalized spacial score (nSPS) is 16.6. The average molecular weight is 275 g/mol. The summed E-state index contributed by atoms with van der Waals surface area (Å²) in [6.45, 7) is 6.11. The van der Waals surface area contributed by atoms with E-state index in [1.807, 2.05) is 19.1 Å². The average Bonchev–Trinajstić information content (AvgIpc) is 2.86. The molecule has 0 spiro atoms. The highest BCUT2D eigenvalue weighted by atomic mass is 19.1. The molecule has 20 heavy (non-hydrogen) atoms. The molecule has 1 aliphatic heterocycles. The van der Waals surface area contributed by atoms with E-state index in [-0.39, 0.29) is 5.82 Å². The van der Waals surface area contributed by atoms with Crippen molar-refractivity contribution in [1.29, 1.82) is 0 Å². The SMILES string of the molecule is Cc1nc(CN2CCN(c3ccccc3F)CC2)co1. The number of hydrogen-bond donors (Lipinski definition) is 0. The van der Waals surface area contributed by atoms with Crippen LogP contribution in [0.25, 0.3) is 0 Å². The maximum Gasteiger partial charge on any atom is 0.191 e. The number of nitrogens with zero attached hydrogens (tertiary/aromatic N) is 3. The van der Waals surface area contributed by atoms with Gasteiger partial charge in [-0.1, -0.05) is 12.1 Å². The molecule has 2 heterocycles. The van der Waals surface area contributed by atoms with Gasteiger partial charge in [-0.15, -0.1) is 0 Å². The van der Waals surface area contributed by atoms with Gasteiger partial charge in [-0.3, -0.25) is 4.90 Å². The summed E-state index contributed by atoms with van der Waals surface area (Å²) in [5, 5.41) is 0. The maximum atomic E-state index is 13.7. The van der Waals surface area contributed by atoms with Crippen molar-refractivity contribution in [3.05, 3.63) is 47.9 Å². The van der Waals surface area contributed by atoms with Crippen LogP contribution in [0.5, 0.6) is 0 Å². The Morgan fingerprint density at radius 3 is 2.60 bits per heavy atom. The smallest absolute Gasteiger partial charge is 0.191 e. The van der Waals surface area contributed by atoms with Crippen molar-refractivity contribution in [3.8, 4) is 0 Å². The zero-order valence-electron chi connectivity index (χ0n) is 11.6.